The maximum Gasteiger partial charge on any atom is 0.338 e. The second-order valence-corrected chi connectivity index (χ2v) is 12.6. The lowest BCUT2D eigenvalue weighted by Crippen LogP contribution is -2.59. The summed E-state index contributed by atoms with van der Waals surface area (Å²) in [5, 5.41) is 6.41. The van der Waals surface area contributed by atoms with Crippen LogP contribution >= 0.6 is 34.5 Å². The Labute approximate surface area is 247 Å². The van der Waals surface area contributed by atoms with E-state index in [4.69, 9.17) is 42.2 Å². The number of carbonyl (C=O) groups is 1. The zero-order chi connectivity index (χ0) is 28.8. The van der Waals surface area contributed by atoms with Gasteiger partial charge in [0.05, 0.1) is 34.5 Å². The molecule has 0 unspecified atom stereocenters. The molecule has 4 aromatic rings. The fraction of sp³-hybridized carbons (Fsp3) is 0.414. The number of thiazole rings is 1. The molecule has 0 radical (unpaired) electrons. The van der Waals surface area contributed by atoms with E-state index in [1.807, 2.05) is 24.3 Å². The number of anilines is 1. The molecule has 5 rings (SSSR count). The summed E-state index contributed by atoms with van der Waals surface area (Å²) < 4.78 is 17.2. The molecule has 11 heteroatoms. The Morgan fingerprint density at radius 1 is 1.18 bits per heavy atom. The lowest BCUT2D eigenvalue weighted by molar-refractivity contribution is 0.0600. The van der Waals surface area contributed by atoms with Gasteiger partial charge in [-0.25, -0.2) is 9.78 Å². The maximum atomic E-state index is 12.2. The van der Waals surface area contributed by atoms with Gasteiger partial charge in [0.25, 0.3) is 0 Å². The van der Waals surface area contributed by atoms with E-state index in [1.54, 1.807) is 24.5 Å². The topological polar surface area (TPSA) is 80.9 Å². The minimum atomic E-state index is -0.406. The summed E-state index contributed by atoms with van der Waals surface area (Å²) >= 11 is 14.7. The fourth-order valence-corrected chi connectivity index (χ4v) is 6.82. The average Bonchev–Trinajstić information content (AvgIpc) is 3.53. The van der Waals surface area contributed by atoms with Crippen LogP contribution in [0.5, 0.6) is 5.75 Å². The highest BCUT2D eigenvalue weighted by molar-refractivity contribution is 7.22. The summed E-state index contributed by atoms with van der Waals surface area (Å²) in [5.74, 6) is 1.13. The van der Waals surface area contributed by atoms with E-state index >= 15 is 0 Å². The Morgan fingerprint density at radius 2 is 1.90 bits per heavy atom. The van der Waals surface area contributed by atoms with Crippen LogP contribution in [-0.4, -0.2) is 60.4 Å². The number of hydrogen-bond donors (Lipinski definition) is 0. The van der Waals surface area contributed by atoms with Gasteiger partial charge in [-0.05, 0) is 38.1 Å². The highest BCUT2D eigenvalue weighted by atomic mass is 35.5. The van der Waals surface area contributed by atoms with E-state index in [1.165, 1.54) is 7.11 Å². The van der Waals surface area contributed by atoms with Crippen LogP contribution in [0.4, 0.5) is 5.13 Å². The molecule has 0 atom stereocenters. The Bertz CT molecular complexity index is 1540. The van der Waals surface area contributed by atoms with Crippen molar-refractivity contribution in [3.63, 3.8) is 0 Å². The van der Waals surface area contributed by atoms with Gasteiger partial charge < -0.3 is 18.9 Å². The highest BCUT2D eigenvalue weighted by Gasteiger charge is 2.37. The molecule has 1 aliphatic heterocycles. The van der Waals surface area contributed by atoms with Crippen molar-refractivity contribution in [2.45, 2.75) is 45.7 Å². The van der Waals surface area contributed by atoms with Gasteiger partial charge in [-0.2, -0.15) is 0 Å². The summed E-state index contributed by atoms with van der Waals surface area (Å²) in [6.45, 7) is 11.6. The van der Waals surface area contributed by atoms with Gasteiger partial charge in [0, 0.05) is 48.8 Å². The first-order valence-corrected chi connectivity index (χ1v) is 14.6. The number of aromatic nitrogens is 2. The van der Waals surface area contributed by atoms with E-state index in [-0.39, 0.29) is 11.5 Å². The number of carbonyl (C=O) groups excluding carboxylic acids is 1. The highest BCUT2D eigenvalue weighted by Crippen LogP contribution is 2.41. The first-order valence-electron chi connectivity index (χ1n) is 13.0. The molecular weight excluding hydrogens is 571 g/mol. The summed E-state index contributed by atoms with van der Waals surface area (Å²) in [6, 6.07) is 8.95. The predicted molar refractivity (Wildman–Crippen MR) is 160 cm³/mol. The smallest absolute Gasteiger partial charge is 0.338 e. The van der Waals surface area contributed by atoms with Crippen LogP contribution in [0.15, 0.2) is 34.9 Å². The molecular formula is C29H32Cl2N4O4S. The van der Waals surface area contributed by atoms with Crippen LogP contribution < -0.4 is 9.64 Å². The SMILES string of the molecule is COC(=O)c1cc(OC)c2nc(N3CCN(Cc4c(-c5c(Cl)cccc5Cl)noc4C(C)C)C(C)(C)C3)sc2c1. The average molecular weight is 604 g/mol. The summed E-state index contributed by atoms with van der Waals surface area (Å²) in [7, 11) is 2.95. The molecule has 0 saturated carbocycles. The standard InChI is InChI=1S/C29H32Cl2N4O4S/c1-16(2)26-18(24(33-39-26)23-19(30)8-7-9-20(23)31)14-35-11-10-34(15-29(35,3)4)28-32-25-21(37-5)12-17(27(36)38-6)13-22(25)40-28/h7-9,12-13,16H,10-11,14-15H2,1-6H3. The van der Waals surface area contributed by atoms with Crippen molar-refractivity contribution in [3.8, 4) is 17.0 Å². The quantitative estimate of drug-likeness (QED) is 0.204. The number of hydrogen-bond acceptors (Lipinski definition) is 9. The van der Waals surface area contributed by atoms with E-state index in [0.29, 0.717) is 39.2 Å². The third-order valence-electron chi connectivity index (χ3n) is 7.33. The van der Waals surface area contributed by atoms with Crippen LogP contribution in [-0.2, 0) is 11.3 Å². The van der Waals surface area contributed by atoms with E-state index in [0.717, 1.165) is 46.3 Å². The number of methoxy groups -OCH3 is 2. The van der Waals surface area contributed by atoms with Gasteiger partial charge in [-0.3, -0.25) is 4.90 Å². The summed E-state index contributed by atoms with van der Waals surface area (Å²) in [6.07, 6.45) is 0. The number of esters is 1. The molecule has 212 valence electrons. The summed E-state index contributed by atoms with van der Waals surface area (Å²) in [4.78, 5) is 21.8. The Kier molecular flexibility index (Phi) is 8.03. The zero-order valence-electron chi connectivity index (χ0n) is 23.4. The van der Waals surface area contributed by atoms with Crippen molar-refractivity contribution in [2.24, 2.45) is 0 Å². The normalized spacial score (nSPS) is 15.7. The maximum absolute atomic E-state index is 12.2. The molecule has 0 amide bonds. The van der Waals surface area contributed by atoms with Gasteiger partial charge in [0.1, 0.15) is 22.7 Å². The number of halogens is 2. The van der Waals surface area contributed by atoms with Gasteiger partial charge >= 0.3 is 5.97 Å². The Balaban J connectivity index is 1.43. The minimum Gasteiger partial charge on any atom is -0.494 e. The van der Waals surface area contributed by atoms with E-state index in [2.05, 4.69) is 42.7 Å². The van der Waals surface area contributed by atoms with Gasteiger partial charge in [-0.15, -0.1) is 0 Å². The molecule has 1 fully saturated rings. The van der Waals surface area contributed by atoms with Crippen LogP contribution in [0.1, 0.15) is 55.3 Å². The number of fused-ring (bicyclic) bond motifs is 1. The number of benzene rings is 2. The van der Waals surface area contributed by atoms with Gasteiger partial charge in [-0.1, -0.05) is 59.6 Å². The third-order valence-corrected chi connectivity index (χ3v) is 9.02. The molecule has 3 heterocycles. The van der Waals surface area contributed by atoms with Crippen LogP contribution in [0.2, 0.25) is 10.0 Å². The molecule has 0 aliphatic carbocycles. The van der Waals surface area contributed by atoms with Crippen LogP contribution in [0, 0.1) is 0 Å². The number of piperazine rings is 1. The van der Waals surface area contributed by atoms with Crippen molar-refractivity contribution in [1.82, 2.24) is 15.0 Å². The molecule has 1 saturated heterocycles. The molecule has 0 N–H and O–H groups in total. The molecule has 1 aliphatic rings. The van der Waals surface area contributed by atoms with Crippen molar-refractivity contribution >= 4 is 55.9 Å². The Hall–Kier alpha value is -2.85. The number of rotatable bonds is 7. The zero-order valence-corrected chi connectivity index (χ0v) is 25.7. The molecule has 8 nitrogen and oxygen atoms in total. The molecule has 0 bridgehead atoms. The largest absolute Gasteiger partial charge is 0.494 e. The monoisotopic (exact) mass is 602 g/mol. The number of nitrogens with zero attached hydrogens (tertiary/aromatic N) is 4. The van der Waals surface area contributed by atoms with Gasteiger partial charge in [0.2, 0.25) is 0 Å². The summed E-state index contributed by atoms with van der Waals surface area (Å²) in [5.41, 5.74) is 3.37. The molecule has 2 aromatic heterocycles. The third kappa shape index (κ3) is 5.28. The lowest BCUT2D eigenvalue weighted by Gasteiger charge is -2.47. The second-order valence-electron chi connectivity index (χ2n) is 10.8. The fourth-order valence-electron chi connectivity index (χ4n) is 5.20. The lowest BCUT2D eigenvalue weighted by atomic mass is 9.95. The van der Waals surface area contributed by atoms with Crippen LogP contribution in [0.3, 0.4) is 0 Å². The van der Waals surface area contributed by atoms with Crippen molar-refractivity contribution in [1.29, 1.82) is 0 Å². The first-order chi connectivity index (χ1) is 19.0. The number of ether oxygens (including phenoxy) is 2. The predicted octanol–water partition coefficient (Wildman–Crippen LogP) is 7.28. The van der Waals surface area contributed by atoms with E-state index in [9.17, 15) is 4.79 Å². The van der Waals surface area contributed by atoms with Crippen molar-refractivity contribution < 1.29 is 18.8 Å². The van der Waals surface area contributed by atoms with E-state index < -0.39 is 5.97 Å². The molecule has 0 spiro atoms. The van der Waals surface area contributed by atoms with Crippen molar-refractivity contribution in [3.05, 3.63) is 57.3 Å². The second kappa shape index (κ2) is 11.2. The minimum absolute atomic E-state index is 0.148. The molecule has 2 aromatic carbocycles. The first kappa shape index (κ1) is 28.7. The van der Waals surface area contributed by atoms with Gasteiger partial charge in [0.15, 0.2) is 5.13 Å². The van der Waals surface area contributed by atoms with Crippen molar-refractivity contribution in [2.75, 3.05) is 38.8 Å². The Morgan fingerprint density at radius 3 is 2.52 bits per heavy atom. The van der Waals surface area contributed by atoms with Crippen LogP contribution in [0.25, 0.3) is 21.5 Å². The molecule has 40 heavy (non-hydrogen) atoms.